The standard InChI is InChI=1S/C24H20ClN5O3/c1-3-19(24(32)27-22-13-18(28-33-22)15-7-6-8-16(25)12-15)30-20-10-5-4-9-17(20)23-26-21(31)11-14(2)29(23)30/h4-13,19H,3H2,1-2H3,(H,27,32)/t19-/m1/s1. The van der Waals surface area contributed by atoms with Crippen molar-refractivity contribution in [2.75, 3.05) is 5.32 Å². The molecule has 3 aromatic heterocycles. The molecule has 0 radical (unpaired) electrons. The minimum absolute atomic E-state index is 0.232. The first-order valence-electron chi connectivity index (χ1n) is 10.5. The van der Waals surface area contributed by atoms with Crippen LogP contribution in [0.5, 0.6) is 0 Å². The molecule has 0 aliphatic rings. The number of aromatic nitrogens is 4. The lowest BCUT2D eigenvalue weighted by Crippen LogP contribution is -2.28. The van der Waals surface area contributed by atoms with Gasteiger partial charge in [-0.2, -0.15) is 4.98 Å². The highest BCUT2D eigenvalue weighted by Crippen LogP contribution is 2.28. The Labute approximate surface area is 193 Å². The number of fused-ring (bicyclic) bond motifs is 3. The predicted molar refractivity (Wildman–Crippen MR) is 127 cm³/mol. The van der Waals surface area contributed by atoms with Crippen molar-refractivity contribution in [3.8, 4) is 11.3 Å². The normalized spacial score (nSPS) is 12.3. The fourth-order valence-electron chi connectivity index (χ4n) is 4.11. The van der Waals surface area contributed by atoms with Gasteiger partial charge >= 0.3 is 0 Å². The first-order valence-corrected chi connectivity index (χ1v) is 10.9. The summed E-state index contributed by atoms with van der Waals surface area (Å²) in [5.74, 6) is -0.0390. The molecule has 0 saturated heterocycles. The Kier molecular flexibility index (Phi) is 5.22. The smallest absolute Gasteiger partial charge is 0.273 e. The molecular formula is C24H20ClN5O3. The number of amides is 1. The Bertz CT molecular complexity index is 1570. The van der Waals surface area contributed by atoms with Gasteiger partial charge in [0.15, 0.2) is 5.65 Å². The zero-order valence-electron chi connectivity index (χ0n) is 17.9. The maximum absolute atomic E-state index is 13.4. The minimum Gasteiger partial charge on any atom is -0.338 e. The lowest BCUT2D eigenvalue weighted by Gasteiger charge is -2.19. The number of nitrogens with zero attached hydrogens (tertiary/aromatic N) is 4. The van der Waals surface area contributed by atoms with E-state index in [1.54, 1.807) is 18.2 Å². The summed E-state index contributed by atoms with van der Waals surface area (Å²) in [4.78, 5) is 29.6. The molecule has 33 heavy (non-hydrogen) atoms. The Balaban J connectivity index is 1.54. The monoisotopic (exact) mass is 461 g/mol. The van der Waals surface area contributed by atoms with Crippen molar-refractivity contribution in [1.82, 2.24) is 19.3 Å². The number of para-hydroxylation sites is 1. The van der Waals surface area contributed by atoms with Gasteiger partial charge < -0.3 is 4.52 Å². The van der Waals surface area contributed by atoms with Crippen molar-refractivity contribution >= 4 is 39.9 Å². The summed E-state index contributed by atoms with van der Waals surface area (Å²) in [6.45, 7) is 3.75. The fourth-order valence-corrected chi connectivity index (χ4v) is 4.30. The van der Waals surface area contributed by atoms with E-state index in [2.05, 4.69) is 15.5 Å². The largest absolute Gasteiger partial charge is 0.338 e. The number of halogens is 1. The summed E-state index contributed by atoms with van der Waals surface area (Å²) in [7, 11) is 0. The van der Waals surface area contributed by atoms with Crippen LogP contribution in [0.25, 0.3) is 27.8 Å². The van der Waals surface area contributed by atoms with Crippen LogP contribution in [0.3, 0.4) is 0 Å². The highest BCUT2D eigenvalue weighted by molar-refractivity contribution is 6.30. The average molecular weight is 462 g/mol. The van der Waals surface area contributed by atoms with Gasteiger partial charge in [0.05, 0.1) is 5.52 Å². The lowest BCUT2D eigenvalue weighted by atomic mass is 10.1. The molecule has 3 heterocycles. The molecule has 1 atom stereocenters. The summed E-state index contributed by atoms with van der Waals surface area (Å²) in [5, 5.41) is 8.26. The van der Waals surface area contributed by atoms with Crippen LogP contribution < -0.4 is 10.9 Å². The topological polar surface area (TPSA) is 94.4 Å². The maximum atomic E-state index is 13.4. The van der Waals surface area contributed by atoms with Gasteiger partial charge in [0.2, 0.25) is 5.88 Å². The van der Waals surface area contributed by atoms with Crippen molar-refractivity contribution < 1.29 is 9.32 Å². The van der Waals surface area contributed by atoms with Crippen LogP contribution in [0.4, 0.5) is 5.88 Å². The second-order valence-corrected chi connectivity index (χ2v) is 8.17. The average Bonchev–Trinajstić information content (AvgIpc) is 3.38. The summed E-state index contributed by atoms with van der Waals surface area (Å²) >= 11 is 6.06. The third-order valence-corrected chi connectivity index (χ3v) is 5.79. The third kappa shape index (κ3) is 3.68. The zero-order valence-corrected chi connectivity index (χ0v) is 18.7. The molecule has 0 aliphatic heterocycles. The van der Waals surface area contributed by atoms with E-state index in [9.17, 15) is 9.59 Å². The number of benzene rings is 2. The lowest BCUT2D eigenvalue weighted by molar-refractivity contribution is -0.119. The van der Waals surface area contributed by atoms with E-state index in [-0.39, 0.29) is 17.4 Å². The summed E-state index contributed by atoms with van der Waals surface area (Å²) in [5.41, 5.74) is 3.04. The highest BCUT2D eigenvalue weighted by Gasteiger charge is 2.26. The number of rotatable bonds is 5. The molecule has 5 rings (SSSR count). The molecule has 5 aromatic rings. The second kappa shape index (κ2) is 8.22. The van der Waals surface area contributed by atoms with Crippen LogP contribution in [-0.4, -0.2) is 25.2 Å². The van der Waals surface area contributed by atoms with Crippen LogP contribution in [0.1, 0.15) is 25.1 Å². The zero-order chi connectivity index (χ0) is 23.1. The number of anilines is 1. The second-order valence-electron chi connectivity index (χ2n) is 7.73. The van der Waals surface area contributed by atoms with Crippen LogP contribution in [-0.2, 0) is 4.79 Å². The number of hydrogen-bond donors (Lipinski definition) is 1. The molecule has 2 aromatic carbocycles. The van der Waals surface area contributed by atoms with Crippen molar-refractivity contribution in [1.29, 1.82) is 0 Å². The number of nitrogens with one attached hydrogen (secondary N) is 1. The molecule has 0 spiro atoms. The van der Waals surface area contributed by atoms with E-state index in [0.29, 0.717) is 28.5 Å². The first kappa shape index (κ1) is 21.0. The Morgan fingerprint density at radius 1 is 1.15 bits per heavy atom. The predicted octanol–water partition coefficient (Wildman–Crippen LogP) is 4.86. The molecule has 0 aliphatic carbocycles. The first-order chi connectivity index (χ1) is 16.0. The molecule has 0 fully saturated rings. The minimum atomic E-state index is -0.588. The van der Waals surface area contributed by atoms with E-state index in [0.717, 1.165) is 16.5 Å². The summed E-state index contributed by atoms with van der Waals surface area (Å²) in [6, 6.07) is 17.3. The van der Waals surface area contributed by atoms with Crippen LogP contribution >= 0.6 is 11.6 Å². The van der Waals surface area contributed by atoms with E-state index < -0.39 is 6.04 Å². The van der Waals surface area contributed by atoms with E-state index in [1.807, 2.05) is 59.4 Å². The Hall–Kier alpha value is -3.91. The maximum Gasteiger partial charge on any atom is 0.273 e. The van der Waals surface area contributed by atoms with E-state index in [1.165, 1.54) is 6.07 Å². The van der Waals surface area contributed by atoms with Gasteiger partial charge in [-0.3, -0.25) is 19.6 Å². The molecular weight excluding hydrogens is 442 g/mol. The summed E-state index contributed by atoms with van der Waals surface area (Å²) in [6.07, 6.45) is 0.500. The molecule has 0 saturated carbocycles. The van der Waals surface area contributed by atoms with Gasteiger partial charge in [-0.1, -0.05) is 47.9 Å². The Morgan fingerprint density at radius 2 is 1.97 bits per heavy atom. The quantitative estimate of drug-likeness (QED) is 0.403. The number of carbonyl (C=O) groups excluding carboxylic acids is 1. The van der Waals surface area contributed by atoms with E-state index in [4.69, 9.17) is 16.1 Å². The van der Waals surface area contributed by atoms with Gasteiger partial charge in [0.25, 0.3) is 11.5 Å². The molecule has 166 valence electrons. The molecule has 1 N–H and O–H groups in total. The van der Waals surface area contributed by atoms with Crippen molar-refractivity contribution in [3.63, 3.8) is 0 Å². The van der Waals surface area contributed by atoms with Crippen molar-refractivity contribution in [2.45, 2.75) is 26.3 Å². The molecule has 0 unspecified atom stereocenters. The van der Waals surface area contributed by atoms with Gasteiger partial charge in [-0.15, -0.1) is 0 Å². The molecule has 8 nitrogen and oxygen atoms in total. The van der Waals surface area contributed by atoms with Crippen LogP contribution in [0, 0.1) is 6.92 Å². The van der Waals surface area contributed by atoms with Crippen LogP contribution in [0.15, 0.2) is 70.0 Å². The number of hydrogen-bond acceptors (Lipinski definition) is 5. The van der Waals surface area contributed by atoms with Gasteiger partial charge in [0.1, 0.15) is 11.7 Å². The van der Waals surface area contributed by atoms with Crippen molar-refractivity contribution in [3.05, 3.63) is 81.7 Å². The molecule has 1 amide bonds. The van der Waals surface area contributed by atoms with Crippen LogP contribution in [0.2, 0.25) is 5.02 Å². The number of aryl methyl sites for hydroxylation is 1. The van der Waals surface area contributed by atoms with Gasteiger partial charge in [0, 0.05) is 33.8 Å². The van der Waals surface area contributed by atoms with E-state index >= 15 is 0 Å². The van der Waals surface area contributed by atoms with Gasteiger partial charge in [-0.05, 0) is 37.6 Å². The van der Waals surface area contributed by atoms with Crippen molar-refractivity contribution in [2.24, 2.45) is 0 Å². The highest BCUT2D eigenvalue weighted by atomic mass is 35.5. The Morgan fingerprint density at radius 3 is 2.76 bits per heavy atom. The SMILES string of the molecule is CC[C@H](C(=O)Nc1cc(-c2cccc(Cl)c2)no1)n1c2ccccc2c2nc(=O)cc(C)n21. The fraction of sp³-hybridized carbons (Fsp3) is 0.167. The summed E-state index contributed by atoms with van der Waals surface area (Å²) < 4.78 is 9.05. The third-order valence-electron chi connectivity index (χ3n) is 5.55. The molecule has 9 heteroatoms. The number of carbonyl (C=O) groups is 1. The molecule has 0 bridgehead atoms. The van der Waals surface area contributed by atoms with Gasteiger partial charge in [-0.25, -0.2) is 4.52 Å².